The van der Waals surface area contributed by atoms with Gasteiger partial charge in [0.2, 0.25) is 0 Å². The monoisotopic (exact) mass is 365 g/mol. The van der Waals surface area contributed by atoms with Crippen LogP contribution in [0.5, 0.6) is 5.75 Å². The first-order chi connectivity index (χ1) is 13.1. The van der Waals surface area contributed by atoms with Gasteiger partial charge < -0.3 is 15.4 Å². The Labute approximate surface area is 157 Å². The normalized spacial score (nSPS) is 10.3. The second kappa shape index (κ2) is 8.80. The molecule has 138 valence electrons. The second-order valence-corrected chi connectivity index (χ2v) is 5.82. The van der Waals surface area contributed by atoms with Crippen molar-refractivity contribution in [2.75, 3.05) is 17.2 Å². The first-order valence-corrected chi connectivity index (χ1v) is 8.62. The molecule has 3 aromatic rings. The van der Waals surface area contributed by atoms with Crippen LogP contribution in [0.4, 0.5) is 15.8 Å². The predicted octanol–water partition coefficient (Wildman–Crippen LogP) is 4.48. The zero-order chi connectivity index (χ0) is 19.1. The molecule has 0 aliphatic carbocycles. The third kappa shape index (κ3) is 5.28. The fourth-order valence-corrected chi connectivity index (χ4v) is 2.44. The smallest absolute Gasteiger partial charge is 0.274 e. The SMILES string of the molecule is CCOc1ccc(NC(=O)c2ccc(NCc3ccc(F)cc3)cn2)cc1. The first-order valence-electron chi connectivity index (χ1n) is 8.62. The highest BCUT2D eigenvalue weighted by molar-refractivity contribution is 6.02. The number of hydrogen-bond donors (Lipinski definition) is 2. The summed E-state index contributed by atoms with van der Waals surface area (Å²) in [5, 5.41) is 5.98. The van der Waals surface area contributed by atoms with Gasteiger partial charge in [0.1, 0.15) is 17.3 Å². The van der Waals surface area contributed by atoms with Gasteiger partial charge in [-0.25, -0.2) is 9.37 Å². The van der Waals surface area contributed by atoms with E-state index in [2.05, 4.69) is 15.6 Å². The van der Waals surface area contributed by atoms with E-state index in [1.165, 1.54) is 12.1 Å². The Morgan fingerprint density at radius 2 is 1.70 bits per heavy atom. The summed E-state index contributed by atoms with van der Waals surface area (Å²) >= 11 is 0. The lowest BCUT2D eigenvalue weighted by atomic mass is 10.2. The molecule has 3 rings (SSSR count). The molecule has 0 unspecified atom stereocenters. The molecular weight excluding hydrogens is 345 g/mol. The number of halogens is 1. The molecule has 0 fully saturated rings. The highest BCUT2D eigenvalue weighted by Crippen LogP contribution is 2.16. The van der Waals surface area contributed by atoms with Crippen LogP contribution in [0.25, 0.3) is 0 Å². The summed E-state index contributed by atoms with van der Waals surface area (Å²) in [6, 6.07) is 16.9. The summed E-state index contributed by atoms with van der Waals surface area (Å²) in [5.41, 5.74) is 2.71. The molecule has 2 aromatic carbocycles. The maximum Gasteiger partial charge on any atom is 0.274 e. The fraction of sp³-hybridized carbons (Fsp3) is 0.143. The number of anilines is 2. The summed E-state index contributed by atoms with van der Waals surface area (Å²) in [6.07, 6.45) is 1.59. The van der Waals surface area contributed by atoms with Crippen LogP contribution in [0.2, 0.25) is 0 Å². The average molecular weight is 365 g/mol. The standard InChI is InChI=1S/C21H20FN3O2/c1-2-27-19-10-7-17(8-11-19)25-21(26)20-12-9-18(14-24-20)23-13-15-3-5-16(22)6-4-15/h3-12,14,23H,2,13H2,1H3,(H,25,26). The minimum absolute atomic E-state index is 0.261. The van der Waals surface area contributed by atoms with Crippen LogP contribution in [-0.4, -0.2) is 17.5 Å². The summed E-state index contributed by atoms with van der Waals surface area (Å²) in [7, 11) is 0. The van der Waals surface area contributed by atoms with Crippen LogP contribution in [0.15, 0.2) is 66.9 Å². The van der Waals surface area contributed by atoms with Crippen LogP contribution >= 0.6 is 0 Å². The molecule has 0 spiro atoms. The Morgan fingerprint density at radius 1 is 1.00 bits per heavy atom. The van der Waals surface area contributed by atoms with Crippen molar-refractivity contribution in [3.05, 3.63) is 83.9 Å². The van der Waals surface area contributed by atoms with Crippen LogP contribution in [0.1, 0.15) is 23.0 Å². The summed E-state index contributed by atoms with van der Waals surface area (Å²) in [5.74, 6) is 0.206. The topological polar surface area (TPSA) is 63.2 Å². The van der Waals surface area contributed by atoms with E-state index >= 15 is 0 Å². The Balaban J connectivity index is 1.55. The van der Waals surface area contributed by atoms with Crippen molar-refractivity contribution in [3.8, 4) is 5.75 Å². The zero-order valence-electron chi connectivity index (χ0n) is 14.9. The number of hydrogen-bond acceptors (Lipinski definition) is 4. The summed E-state index contributed by atoms with van der Waals surface area (Å²) in [4.78, 5) is 16.5. The van der Waals surface area contributed by atoms with Gasteiger partial charge in [0.15, 0.2) is 0 Å². The van der Waals surface area contributed by atoms with Crippen molar-refractivity contribution in [1.29, 1.82) is 0 Å². The van der Waals surface area contributed by atoms with Crippen molar-refractivity contribution in [1.82, 2.24) is 4.98 Å². The number of pyridine rings is 1. The van der Waals surface area contributed by atoms with Gasteiger partial charge in [-0.15, -0.1) is 0 Å². The second-order valence-electron chi connectivity index (χ2n) is 5.82. The van der Waals surface area contributed by atoms with E-state index in [0.29, 0.717) is 24.5 Å². The maximum atomic E-state index is 12.9. The van der Waals surface area contributed by atoms with Gasteiger partial charge in [-0.3, -0.25) is 4.79 Å². The highest BCUT2D eigenvalue weighted by atomic mass is 19.1. The summed E-state index contributed by atoms with van der Waals surface area (Å²) < 4.78 is 18.3. The maximum absolute atomic E-state index is 12.9. The number of benzene rings is 2. The molecule has 0 saturated heterocycles. The number of nitrogens with zero attached hydrogens (tertiary/aromatic N) is 1. The molecule has 0 aliphatic heterocycles. The Hall–Kier alpha value is -3.41. The molecule has 27 heavy (non-hydrogen) atoms. The largest absolute Gasteiger partial charge is 0.494 e. The van der Waals surface area contributed by atoms with E-state index in [1.54, 1.807) is 54.7 Å². The minimum atomic E-state index is -0.288. The number of nitrogens with one attached hydrogen (secondary N) is 2. The Morgan fingerprint density at radius 3 is 2.33 bits per heavy atom. The van der Waals surface area contributed by atoms with Crippen molar-refractivity contribution < 1.29 is 13.9 Å². The third-order valence-electron chi connectivity index (χ3n) is 3.83. The van der Waals surface area contributed by atoms with Crippen LogP contribution in [0, 0.1) is 5.82 Å². The lowest BCUT2D eigenvalue weighted by Crippen LogP contribution is -2.13. The van der Waals surface area contributed by atoms with Crippen LogP contribution < -0.4 is 15.4 Å². The van der Waals surface area contributed by atoms with E-state index in [1.807, 2.05) is 6.92 Å². The van der Waals surface area contributed by atoms with Crippen molar-refractivity contribution >= 4 is 17.3 Å². The molecule has 0 saturated carbocycles. The number of amides is 1. The van der Waals surface area contributed by atoms with E-state index in [4.69, 9.17) is 4.74 Å². The molecule has 0 bridgehead atoms. The third-order valence-corrected chi connectivity index (χ3v) is 3.83. The molecule has 1 heterocycles. The number of rotatable bonds is 7. The Kier molecular flexibility index (Phi) is 5.99. The quantitative estimate of drug-likeness (QED) is 0.648. The molecular formula is C21H20FN3O2. The van der Waals surface area contributed by atoms with Crippen molar-refractivity contribution in [2.45, 2.75) is 13.5 Å². The number of carbonyl (C=O) groups excluding carboxylic acids is 1. The van der Waals surface area contributed by atoms with Gasteiger partial charge in [-0.1, -0.05) is 12.1 Å². The molecule has 0 aliphatic rings. The van der Waals surface area contributed by atoms with Gasteiger partial charge in [-0.05, 0) is 61.0 Å². The van der Waals surface area contributed by atoms with E-state index < -0.39 is 0 Å². The molecule has 0 atom stereocenters. The molecule has 5 nitrogen and oxygen atoms in total. The van der Waals surface area contributed by atoms with E-state index in [0.717, 1.165) is 17.0 Å². The molecule has 1 amide bonds. The molecule has 0 radical (unpaired) electrons. The van der Waals surface area contributed by atoms with Crippen LogP contribution in [-0.2, 0) is 6.54 Å². The van der Waals surface area contributed by atoms with Crippen molar-refractivity contribution in [3.63, 3.8) is 0 Å². The van der Waals surface area contributed by atoms with Gasteiger partial charge in [-0.2, -0.15) is 0 Å². The number of ether oxygens (including phenoxy) is 1. The van der Waals surface area contributed by atoms with Gasteiger partial charge in [0, 0.05) is 12.2 Å². The van der Waals surface area contributed by atoms with Gasteiger partial charge in [0.25, 0.3) is 5.91 Å². The minimum Gasteiger partial charge on any atom is -0.494 e. The fourth-order valence-electron chi connectivity index (χ4n) is 2.44. The van der Waals surface area contributed by atoms with E-state index in [-0.39, 0.29) is 11.7 Å². The van der Waals surface area contributed by atoms with Gasteiger partial charge in [0.05, 0.1) is 18.5 Å². The highest BCUT2D eigenvalue weighted by Gasteiger charge is 2.08. The molecule has 6 heteroatoms. The number of aromatic nitrogens is 1. The van der Waals surface area contributed by atoms with Gasteiger partial charge >= 0.3 is 0 Å². The first kappa shape index (κ1) is 18.4. The average Bonchev–Trinajstić information content (AvgIpc) is 2.70. The number of carbonyl (C=O) groups is 1. The van der Waals surface area contributed by atoms with Crippen molar-refractivity contribution in [2.24, 2.45) is 0 Å². The Bertz CT molecular complexity index is 879. The molecule has 2 N–H and O–H groups in total. The lowest BCUT2D eigenvalue weighted by molar-refractivity contribution is 0.102. The summed E-state index contributed by atoms with van der Waals surface area (Å²) in [6.45, 7) is 3.05. The predicted molar refractivity (Wildman–Crippen MR) is 104 cm³/mol. The zero-order valence-corrected chi connectivity index (χ0v) is 14.9. The lowest BCUT2D eigenvalue weighted by Gasteiger charge is -2.08. The van der Waals surface area contributed by atoms with Crippen LogP contribution in [0.3, 0.4) is 0 Å². The van der Waals surface area contributed by atoms with E-state index in [9.17, 15) is 9.18 Å². The molecule has 1 aromatic heterocycles.